The van der Waals surface area contributed by atoms with Crippen LogP contribution in [-0.2, 0) is 11.2 Å². The summed E-state index contributed by atoms with van der Waals surface area (Å²) in [5.74, 6) is 0.140. The molecule has 1 amide bonds. The number of carbonyl (C=O) groups is 1. The second kappa shape index (κ2) is 3.51. The van der Waals surface area contributed by atoms with E-state index in [9.17, 15) is 4.79 Å². The van der Waals surface area contributed by atoms with E-state index in [1.807, 2.05) is 4.90 Å². The third kappa shape index (κ3) is 1.66. The molecule has 84 valence electrons. The molecule has 2 aliphatic rings. The third-order valence-electron chi connectivity index (χ3n) is 3.30. The highest BCUT2D eigenvalue weighted by Crippen LogP contribution is 2.32. The molecule has 0 spiro atoms. The molecule has 0 saturated heterocycles. The first-order valence-corrected chi connectivity index (χ1v) is 5.91. The van der Waals surface area contributed by atoms with E-state index in [4.69, 9.17) is 0 Å². The molecule has 1 aromatic rings. The van der Waals surface area contributed by atoms with Crippen molar-refractivity contribution < 1.29 is 4.79 Å². The zero-order valence-electron chi connectivity index (χ0n) is 9.49. The maximum absolute atomic E-state index is 11.4. The monoisotopic (exact) mass is 216 g/mol. The summed E-state index contributed by atoms with van der Waals surface area (Å²) in [5.41, 5.74) is 3.58. The molecule has 0 aromatic heterocycles. The number of hydrogen-bond donors (Lipinski definition) is 1. The average Bonchev–Trinajstić information content (AvgIpc) is 2.96. The van der Waals surface area contributed by atoms with E-state index in [1.54, 1.807) is 6.92 Å². The molecule has 16 heavy (non-hydrogen) atoms. The fraction of sp³-hybridized carbons (Fsp3) is 0.462. The molecular weight excluding hydrogens is 200 g/mol. The first-order valence-electron chi connectivity index (χ1n) is 5.91. The van der Waals surface area contributed by atoms with E-state index in [1.165, 1.54) is 24.1 Å². The van der Waals surface area contributed by atoms with Gasteiger partial charge in [-0.25, -0.2) is 0 Å². The molecule has 1 aliphatic heterocycles. The molecule has 0 unspecified atom stereocenters. The van der Waals surface area contributed by atoms with Gasteiger partial charge in [-0.3, -0.25) is 4.79 Å². The Hall–Kier alpha value is -1.51. The van der Waals surface area contributed by atoms with Crippen LogP contribution in [0.25, 0.3) is 0 Å². The Labute approximate surface area is 95.4 Å². The maximum Gasteiger partial charge on any atom is 0.223 e. The first-order chi connectivity index (χ1) is 7.74. The SMILES string of the molecule is CC(=O)N1CCc2cc(NC3CC3)ccc21. The fourth-order valence-electron chi connectivity index (χ4n) is 2.28. The summed E-state index contributed by atoms with van der Waals surface area (Å²) >= 11 is 0. The highest BCUT2D eigenvalue weighted by Gasteiger charge is 2.24. The van der Waals surface area contributed by atoms with Gasteiger partial charge in [0.05, 0.1) is 0 Å². The van der Waals surface area contributed by atoms with Crippen molar-refractivity contribution in [1.29, 1.82) is 0 Å². The number of amides is 1. The molecule has 0 bridgehead atoms. The molecule has 0 radical (unpaired) electrons. The second-order valence-electron chi connectivity index (χ2n) is 4.68. The summed E-state index contributed by atoms with van der Waals surface area (Å²) in [5, 5.41) is 3.49. The van der Waals surface area contributed by atoms with E-state index in [2.05, 4.69) is 23.5 Å². The lowest BCUT2D eigenvalue weighted by Gasteiger charge is -2.15. The molecule has 3 nitrogen and oxygen atoms in total. The smallest absolute Gasteiger partial charge is 0.223 e. The van der Waals surface area contributed by atoms with Crippen LogP contribution in [0.4, 0.5) is 11.4 Å². The minimum atomic E-state index is 0.140. The van der Waals surface area contributed by atoms with Gasteiger partial charge in [-0.05, 0) is 43.0 Å². The van der Waals surface area contributed by atoms with Crippen LogP contribution in [0, 0.1) is 0 Å². The molecule has 1 heterocycles. The van der Waals surface area contributed by atoms with Crippen LogP contribution in [0.5, 0.6) is 0 Å². The lowest BCUT2D eigenvalue weighted by Crippen LogP contribution is -2.25. The van der Waals surface area contributed by atoms with Crippen molar-refractivity contribution >= 4 is 17.3 Å². The van der Waals surface area contributed by atoms with Crippen molar-refractivity contribution in [3.8, 4) is 0 Å². The topological polar surface area (TPSA) is 32.3 Å². The van der Waals surface area contributed by atoms with Gasteiger partial charge in [0.25, 0.3) is 0 Å². The van der Waals surface area contributed by atoms with Crippen molar-refractivity contribution in [2.75, 3.05) is 16.8 Å². The number of nitrogens with one attached hydrogen (secondary N) is 1. The van der Waals surface area contributed by atoms with Gasteiger partial charge >= 0.3 is 0 Å². The lowest BCUT2D eigenvalue weighted by atomic mass is 10.1. The Balaban J connectivity index is 1.86. The van der Waals surface area contributed by atoms with Gasteiger partial charge in [-0.2, -0.15) is 0 Å². The summed E-state index contributed by atoms with van der Waals surface area (Å²) in [6.07, 6.45) is 3.56. The second-order valence-corrected chi connectivity index (χ2v) is 4.68. The number of nitrogens with zero attached hydrogens (tertiary/aromatic N) is 1. The summed E-state index contributed by atoms with van der Waals surface area (Å²) < 4.78 is 0. The van der Waals surface area contributed by atoms with Gasteiger partial charge in [-0.15, -0.1) is 0 Å². The number of benzene rings is 1. The molecule has 3 heteroatoms. The van der Waals surface area contributed by atoms with E-state index in [0.29, 0.717) is 6.04 Å². The molecule has 1 saturated carbocycles. The van der Waals surface area contributed by atoms with Crippen LogP contribution in [0.2, 0.25) is 0 Å². The Kier molecular flexibility index (Phi) is 2.13. The Morgan fingerprint density at radius 3 is 2.94 bits per heavy atom. The van der Waals surface area contributed by atoms with Gasteiger partial charge in [0.2, 0.25) is 5.91 Å². The number of hydrogen-bond acceptors (Lipinski definition) is 2. The predicted octanol–water partition coefficient (Wildman–Crippen LogP) is 2.17. The van der Waals surface area contributed by atoms with Crippen LogP contribution in [-0.4, -0.2) is 18.5 Å². The first kappa shape index (κ1) is 9.70. The summed E-state index contributed by atoms with van der Waals surface area (Å²) in [7, 11) is 0. The van der Waals surface area contributed by atoms with E-state index in [-0.39, 0.29) is 5.91 Å². The minimum Gasteiger partial charge on any atom is -0.382 e. The van der Waals surface area contributed by atoms with Crippen LogP contribution in [0.1, 0.15) is 25.3 Å². The van der Waals surface area contributed by atoms with Gasteiger partial charge in [0.15, 0.2) is 0 Å². The lowest BCUT2D eigenvalue weighted by molar-refractivity contribution is -0.116. The van der Waals surface area contributed by atoms with Crippen LogP contribution < -0.4 is 10.2 Å². The van der Waals surface area contributed by atoms with E-state index in [0.717, 1.165) is 18.7 Å². The average molecular weight is 216 g/mol. The van der Waals surface area contributed by atoms with Gasteiger partial charge in [0.1, 0.15) is 0 Å². The van der Waals surface area contributed by atoms with Crippen molar-refractivity contribution in [2.45, 2.75) is 32.2 Å². The number of fused-ring (bicyclic) bond motifs is 1. The van der Waals surface area contributed by atoms with Gasteiger partial charge in [0, 0.05) is 30.9 Å². The number of rotatable bonds is 2. The third-order valence-corrected chi connectivity index (χ3v) is 3.30. The largest absolute Gasteiger partial charge is 0.382 e. The molecule has 1 aromatic carbocycles. The highest BCUT2D eigenvalue weighted by atomic mass is 16.2. The van der Waals surface area contributed by atoms with Gasteiger partial charge in [-0.1, -0.05) is 0 Å². The number of carbonyl (C=O) groups excluding carboxylic acids is 1. The fourth-order valence-corrected chi connectivity index (χ4v) is 2.28. The highest BCUT2D eigenvalue weighted by molar-refractivity contribution is 5.94. The molecule has 0 atom stereocenters. The quantitative estimate of drug-likeness (QED) is 0.821. The van der Waals surface area contributed by atoms with E-state index >= 15 is 0 Å². The Morgan fingerprint density at radius 1 is 1.44 bits per heavy atom. The molecule has 1 fully saturated rings. The minimum absolute atomic E-state index is 0.140. The molecule has 1 N–H and O–H groups in total. The van der Waals surface area contributed by atoms with Crippen molar-refractivity contribution in [3.05, 3.63) is 23.8 Å². The van der Waals surface area contributed by atoms with E-state index < -0.39 is 0 Å². The van der Waals surface area contributed by atoms with Crippen LogP contribution >= 0.6 is 0 Å². The Morgan fingerprint density at radius 2 is 2.25 bits per heavy atom. The molecular formula is C13H16N2O. The summed E-state index contributed by atoms with van der Waals surface area (Å²) in [4.78, 5) is 13.2. The molecule has 1 aliphatic carbocycles. The summed E-state index contributed by atoms with van der Waals surface area (Å²) in [6, 6.07) is 7.02. The zero-order chi connectivity index (χ0) is 11.1. The van der Waals surface area contributed by atoms with Crippen LogP contribution in [0.15, 0.2) is 18.2 Å². The van der Waals surface area contributed by atoms with Crippen molar-refractivity contribution in [1.82, 2.24) is 0 Å². The van der Waals surface area contributed by atoms with Gasteiger partial charge < -0.3 is 10.2 Å². The van der Waals surface area contributed by atoms with Crippen LogP contribution in [0.3, 0.4) is 0 Å². The van der Waals surface area contributed by atoms with Crippen molar-refractivity contribution in [2.24, 2.45) is 0 Å². The summed E-state index contributed by atoms with van der Waals surface area (Å²) in [6.45, 7) is 2.46. The molecule has 3 rings (SSSR count). The maximum atomic E-state index is 11.4. The number of anilines is 2. The normalized spacial score (nSPS) is 18.4. The van der Waals surface area contributed by atoms with Crippen molar-refractivity contribution in [3.63, 3.8) is 0 Å². The standard InChI is InChI=1S/C13H16N2O/c1-9(16)15-7-6-10-8-12(4-5-13(10)15)14-11-2-3-11/h4-5,8,11,14H,2-3,6-7H2,1H3. The Bertz CT molecular complexity index is 438. The zero-order valence-corrected chi connectivity index (χ0v) is 9.49. The predicted molar refractivity (Wildman–Crippen MR) is 64.8 cm³/mol.